The molecule has 2 N–H and O–H groups in total. The van der Waals surface area contributed by atoms with Gasteiger partial charge in [-0.15, -0.1) is 11.3 Å². The molecule has 0 fully saturated rings. The third kappa shape index (κ3) is 2.00. The molecule has 1 aromatic carbocycles. The Hall–Kier alpha value is -1.59. The first-order valence-corrected chi connectivity index (χ1v) is 5.49. The fraction of sp³-hybridized carbons (Fsp3) is 0.182. The molecule has 0 amide bonds. The molecule has 0 atom stereocenters. The van der Waals surface area contributed by atoms with E-state index < -0.39 is 0 Å². The Balaban J connectivity index is 2.40. The maximum Gasteiger partial charge on any atom is 0.161 e. The van der Waals surface area contributed by atoms with Crippen LogP contribution in [0.5, 0.6) is 11.5 Å². The summed E-state index contributed by atoms with van der Waals surface area (Å²) in [5.74, 6) is 0.517. The van der Waals surface area contributed by atoms with Gasteiger partial charge in [-0.1, -0.05) is 0 Å². The van der Waals surface area contributed by atoms with Crippen LogP contribution in [0.1, 0.15) is 4.88 Å². The molecule has 0 saturated carbocycles. The first kappa shape index (κ1) is 10.9. The summed E-state index contributed by atoms with van der Waals surface area (Å²) < 4.78 is 5.02. The van der Waals surface area contributed by atoms with Crippen molar-refractivity contribution in [1.29, 1.82) is 0 Å². The maximum atomic E-state index is 9.45. The summed E-state index contributed by atoms with van der Waals surface area (Å²) >= 11 is 1.41. The number of hydrogen-bond donors (Lipinski definition) is 2. The van der Waals surface area contributed by atoms with Crippen molar-refractivity contribution in [3.63, 3.8) is 0 Å². The Morgan fingerprint density at radius 2 is 2.25 bits per heavy atom. The minimum absolute atomic E-state index is 0.00706. The van der Waals surface area contributed by atoms with E-state index in [2.05, 4.69) is 4.98 Å². The first-order chi connectivity index (χ1) is 7.74. The minimum Gasteiger partial charge on any atom is -0.504 e. The second kappa shape index (κ2) is 4.51. The van der Waals surface area contributed by atoms with Crippen molar-refractivity contribution in [1.82, 2.24) is 4.98 Å². The van der Waals surface area contributed by atoms with E-state index in [4.69, 9.17) is 9.84 Å². The summed E-state index contributed by atoms with van der Waals surface area (Å²) in [7, 11) is 1.50. The topological polar surface area (TPSA) is 62.6 Å². The van der Waals surface area contributed by atoms with Gasteiger partial charge in [0, 0.05) is 11.8 Å². The van der Waals surface area contributed by atoms with Crippen LogP contribution in [0.4, 0.5) is 0 Å². The average Bonchev–Trinajstić information content (AvgIpc) is 2.78. The van der Waals surface area contributed by atoms with Crippen LogP contribution >= 0.6 is 11.3 Å². The number of rotatable bonds is 3. The van der Waals surface area contributed by atoms with Crippen molar-refractivity contribution in [2.45, 2.75) is 6.61 Å². The SMILES string of the molecule is COc1cc(-c2ncc(CO)s2)ccc1O. The van der Waals surface area contributed by atoms with Crippen molar-refractivity contribution in [3.05, 3.63) is 29.3 Å². The van der Waals surface area contributed by atoms with Crippen LogP contribution in [0.15, 0.2) is 24.4 Å². The predicted molar refractivity (Wildman–Crippen MR) is 61.7 cm³/mol. The largest absolute Gasteiger partial charge is 0.504 e. The monoisotopic (exact) mass is 237 g/mol. The van der Waals surface area contributed by atoms with E-state index in [-0.39, 0.29) is 12.4 Å². The smallest absolute Gasteiger partial charge is 0.161 e. The molecule has 0 saturated heterocycles. The van der Waals surface area contributed by atoms with Crippen LogP contribution in [0.25, 0.3) is 10.6 Å². The second-order valence-electron chi connectivity index (χ2n) is 3.18. The van der Waals surface area contributed by atoms with Gasteiger partial charge in [0.2, 0.25) is 0 Å². The van der Waals surface area contributed by atoms with Crippen LogP contribution in [0.3, 0.4) is 0 Å². The van der Waals surface area contributed by atoms with Crippen LogP contribution in [0.2, 0.25) is 0 Å². The molecule has 0 aliphatic carbocycles. The molecule has 0 bridgehead atoms. The molecule has 4 nitrogen and oxygen atoms in total. The Morgan fingerprint density at radius 3 is 2.88 bits per heavy atom. The zero-order chi connectivity index (χ0) is 11.5. The molecule has 1 heterocycles. The van der Waals surface area contributed by atoms with Crippen LogP contribution in [-0.4, -0.2) is 22.3 Å². The van der Waals surface area contributed by atoms with Gasteiger partial charge in [0.25, 0.3) is 0 Å². The molecule has 1 aromatic heterocycles. The van der Waals surface area contributed by atoms with Gasteiger partial charge in [-0.25, -0.2) is 4.98 Å². The van der Waals surface area contributed by atoms with E-state index in [1.807, 2.05) is 0 Å². The summed E-state index contributed by atoms with van der Waals surface area (Å²) in [6, 6.07) is 5.04. The van der Waals surface area contributed by atoms with E-state index in [9.17, 15) is 5.11 Å². The highest BCUT2D eigenvalue weighted by Gasteiger charge is 2.08. The lowest BCUT2D eigenvalue weighted by Crippen LogP contribution is -1.84. The van der Waals surface area contributed by atoms with E-state index >= 15 is 0 Å². The van der Waals surface area contributed by atoms with Crippen molar-refractivity contribution in [2.24, 2.45) is 0 Å². The van der Waals surface area contributed by atoms with Crippen LogP contribution in [0, 0.1) is 0 Å². The number of thiazole rings is 1. The first-order valence-electron chi connectivity index (χ1n) is 4.67. The Bertz CT molecular complexity index is 496. The van der Waals surface area contributed by atoms with Gasteiger partial charge in [-0.2, -0.15) is 0 Å². The van der Waals surface area contributed by atoms with Gasteiger partial charge >= 0.3 is 0 Å². The van der Waals surface area contributed by atoms with Crippen molar-refractivity contribution in [2.75, 3.05) is 7.11 Å². The van der Waals surface area contributed by atoms with Crippen molar-refractivity contribution < 1.29 is 14.9 Å². The highest BCUT2D eigenvalue weighted by Crippen LogP contribution is 2.33. The number of nitrogens with zero attached hydrogens (tertiary/aromatic N) is 1. The van der Waals surface area contributed by atoms with E-state index in [1.54, 1.807) is 24.4 Å². The molecular weight excluding hydrogens is 226 g/mol. The lowest BCUT2D eigenvalue weighted by atomic mass is 10.2. The second-order valence-corrected chi connectivity index (χ2v) is 4.29. The molecular formula is C11H11NO3S. The van der Waals surface area contributed by atoms with Crippen molar-refractivity contribution in [3.8, 4) is 22.1 Å². The molecule has 0 aliphatic heterocycles. The van der Waals surface area contributed by atoms with Gasteiger partial charge < -0.3 is 14.9 Å². The van der Waals surface area contributed by atoms with Crippen LogP contribution in [-0.2, 0) is 6.61 Å². The van der Waals surface area contributed by atoms with Gasteiger partial charge in [0.15, 0.2) is 11.5 Å². The fourth-order valence-corrected chi connectivity index (χ4v) is 2.09. The number of methoxy groups -OCH3 is 1. The van der Waals surface area contributed by atoms with E-state index in [0.717, 1.165) is 15.4 Å². The molecule has 2 aromatic rings. The van der Waals surface area contributed by atoms with Gasteiger partial charge in [-0.05, 0) is 18.2 Å². The van der Waals surface area contributed by atoms with Crippen LogP contribution < -0.4 is 4.74 Å². The Kier molecular flexibility index (Phi) is 3.07. The highest BCUT2D eigenvalue weighted by molar-refractivity contribution is 7.15. The molecule has 0 radical (unpaired) electrons. The van der Waals surface area contributed by atoms with Crippen molar-refractivity contribution >= 4 is 11.3 Å². The number of aromatic nitrogens is 1. The summed E-state index contributed by atoms with van der Waals surface area (Å²) in [5.41, 5.74) is 0.861. The minimum atomic E-state index is -0.00706. The average molecular weight is 237 g/mol. The Labute approximate surface area is 96.8 Å². The number of ether oxygens (including phenoxy) is 1. The lowest BCUT2D eigenvalue weighted by molar-refractivity contribution is 0.285. The number of aromatic hydroxyl groups is 1. The summed E-state index contributed by atoms with van der Waals surface area (Å²) in [6.07, 6.45) is 1.64. The Morgan fingerprint density at radius 1 is 1.44 bits per heavy atom. The summed E-state index contributed by atoms with van der Waals surface area (Å²) in [4.78, 5) is 4.99. The molecule has 0 spiro atoms. The van der Waals surface area contributed by atoms with Gasteiger partial charge in [0.1, 0.15) is 5.01 Å². The third-order valence-electron chi connectivity index (χ3n) is 2.14. The number of aliphatic hydroxyl groups excluding tert-OH is 1. The quantitative estimate of drug-likeness (QED) is 0.857. The van der Waals surface area contributed by atoms with Gasteiger partial charge in [0.05, 0.1) is 18.6 Å². The van der Waals surface area contributed by atoms with E-state index in [1.165, 1.54) is 18.4 Å². The molecule has 84 valence electrons. The molecule has 0 aliphatic rings. The number of aliphatic hydroxyl groups is 1. The molecule has 0 unspecified atom stereocenters. The summed E-state index contributed by atoms with van der Waals surface area (Å²) in [5, 5.41) is 19.2. The highest BCUT2D eigenvalue weighted by atomic mass is 32.1. The molecule has 5 heteroatoms. The molecule has 16 heavy (non-hydrogen) atoms. The third-order valence-corrected chi connectivity index (χ3v) is 3.17. The summed E-state index contributed by atoms with van der Waals surface area (Å²) in [6.45, 7) is -0.00706. The van der Waals surface area contributed by atoms with E-state index in [0.29, 0.717) is 5.75 Å². The predicted octanol–water partition coefficient (Wildman–Crippen LogP) is 2.02. The normalized spacial score (nSPS) is 10.4. The number of hydrogen-bond acceptors (Lipinski definition) is 5. The maximum absolute atomic E-state index is 9.45. The number of phenols is 1. The zero-order valence-electron chi connectivity index (χ0n) is 8.67. The van der Waals surface area contributed by atoms with Gasteiger partial charge in [-0.3, -0.25) is 0 Å². The fourth-order valence-electron chi connectivity index (χ4n) is 1.32. The lowest BCUT2D eigenvalue weighted by Gasteiger charge is -2.04. The number of phenolic OH excluding ortho intramolecular Hbond substituents is 1. The zero-order valence-corrected chi connectivity index (χ0v) is 9.49. The standard InChI is InChI=1S/C11H11NO3S/c1-15-10-4-7(2-3-9(10)14)11-12-5-8(6-13)16-11/h2-5,13-14H,6H2,1H3. The molecule has 2 rings (SSSR count). The number of benzene rings is 1.